The van der Waals surface area contributed by atoms with Crippen molar-refractivity contribution in [2.75, 3.05) is 12.3 Å². The van der Waals surface area contributed by atoms with Crippen LogP contribution in [0.4, 0.5) is 0 Å². The Balaban J connectivity index is 1.86. The van der Waals surface area contributed by atoms with Crippen molar-refractivity contribution in [2.45, 2.75) is 19.0 Å². The lowest BCUT2D eigenvalue weighted by atomic mass is 10.2. The summed E-state index contributed by atoms with van der Waals surface area (Å²) in [4.78, 5) is 12.1. The second kappa shape index (κ2) is 8.67. The molecule has 26 heavy (non-hydrogen) atoms. The highest BCUT2D eigenvalue weighted by atomic mass is 32.2. The van der Waals surface area contributed by atoms with Gasteiger partial charge in [-0.3, -0.25) is 9.36 Å². The molecule has 0 saturated carbocycles. The van der Waals surface area contributed by atoms with E-state index in [1.165, 1.54) is 11.8 Å². The van der Waals surface area contributed by atoms with Gasteiger partial charge in [-0.1, -0.05) is 74.1 Å². The number of amides is 1. The molecule has 1 N–H and O–H groups in total. The summed E-state index contributed by atoms with van der Waals surface area (Å²) >= 11 is 1.39. The van der Waals surface area contributed by atoms with Crippen LogP contribution >= 0.6 is 11.8 Å². The second-order valence-electron chi connectivity index (χ2n) is 6.33. The number of aromatic nitrogens is 3. The lowest BCUT2D eigenvalue weighted by Crippen LogP contribution is -2.28. The van der Waals surface area contributed by atoms with Gasteiger partial charge in [0.25, 0.3) is 0 Å². The van der Waals surface area contributed by atoms with Gasteiger partial charge in [-0.05, 0) is 18.1 Å². The third-order valence-electron chi connectivity index (χ3n) is 3.72. The topological polar surface area (TPSA) is 59.8 Å². The van der Waals surface area contributed by atoms with Crippen molar-refractivity contribution in [1.29, 1.82) is 0 Å². The van der Waals surface area contributed by atoms with Crippen LogP contribution in [0.3, 0.4) is 0 Å². The zero-order valence-electron chi connectivity index (χ0n) is 14.9. The molecule has 0 radical (unpaired) electrons. The van der Waals surface area contributed by atoms with Gasteiger partial charge in [0.2, 0.25) is 5.91 Å². The monoisotopic (exact) mass is 366 g/mol. The molecule has 1 amide bonds. The van der Waals surface area contributed by atoms with Crippen LogP contribution in [0.15, 0.2) is 65.8 Å². The van der Waals surface area contributed by atoms with Crippen molar-refractivity contribution in [1.82, 2.24) is 20.1 Å². The van der Waals surface area contributed by atoms with E-state index >= 15 is 0 Å². The maximum absolute atomic E-state index is 12.1. The molecule has 0 unspecified atom stereocenters. The Morgan fingerprint density at radius 1 is 1.04 bits per heavy atom. The van der Waals surface area contributed by atoms with Gasteiger partial charge in [0.1, 0.15) is 0 Å². The van der Waals surface area contributed by atoms with Crippen LogP contribution in [0.1, 0.15) is 13.8 Å². The van der Waals surface area contributed by atoms with Crippen molar-refractivity contribution >= 4 is 17.7 Å². The largest absolute Gasteiger partial charge is 0.355 e. The molecule has 0 atom stereocenters. The Hall–Kier alpha value is -2.60. The third-order valence-corrected chi connectivity index (χ3v) is 4.65. The number of nitrogens with one attached hydrogen (secondary N) is 1. The summed E-state index contributed by atoms with van der Waals surface area (Å²) in [7, 11) is 0. The molecule has 0 aliphatic carbocycles. The van der Waals surface area contributed by atoms with Crippen molar-refractivity contribution in [2.24, 2.45) is 5.92 Å². The van der Waals surface area contributed by atoms with E-state index in [2.05, 4.69) is 29.4 Å². The van der Waals surface area contributed by atoms with E-state index in [0.717, 1.165) is 17.1 Å². The second-order valence-corrected chi connectivity index (χ2v) is 7.27. The standard InChI is InChI=1S/C20H22N4OS/c1-15(2)13-21-18(25)14-26-20-23-22-19(16-9-5-3-6-10-16)24(20)17-11-7-4-8-12-17/h3-12,15H,13-14H2,1-2H3,(H,21,25). The van der Waals surface area contributed by atoms with Crippen LogP contribution in [0.5, 0.6) is 0 Å². The molecule has 134 valence electrons. The number of thioether (sulfide) groups is 1. The molecule has 3 rings (SSSR count). The van der Waals surface area contributed by atoms with E-state index in [0.29, 0.717) is 23.4 Å². The highest BCUT2D eigenvalue weighted by Gasteiger charge is 2.17. The minimum atomic E-state index is 0.00701. The fourth-order valence-corrected chi connectivity index (χ4v) is 3.23. The van der Waals surface area contributed by atoms with Crippen molar-refractivity contribution in [3.8, 4) is 17.1 Å². The summed E-state index contributed by atoms with van der Waals surface area (Å²) in [6.07, 6.45) is 0. The summed E-state index contributed by atoms with van der Waals surface area (Å²) in [6, 6.07) is 19.9. The fourth-order valence-electron chi connectivity index (χ4n) is 2.45. The minimum Gasteiger partial charge on any atom is -0.355 e. The number of benzene rings is 2. The van der Waals surface area contributed by atoms with Crippen LogP contribution in [-0.4, -0.2) is 33.0 Å². The van der Waals surface area contributed by atoms with Crippen LogP contribution in [0.25, 0.3) is 17.1 Å². The van der Waals surface area contributed by atoms with Crippen molar-refractivity contribution < 1.29 is 4.79 Å². The SMILES string of the molecule is CC(C)CNC(=O)CSc1nnc(-c2ccccc2)n1-c1ccccc1. The molecular formula is C20H22N4OS. The van der Waals surface area contributed by atoms with Gasteiger partial charge < -0.3 is 5.32 Å². The predicted molar refractivity (Wildman–Crippen MR) is 105 cm³/mol. The molecular weight excluding hydrogens is 344 g/mol. The maximum Gasteiger partial charge on any atom is 0.230 e. The normalized spacial score (nSPS) is 10.9. The summed E-state index contributed by atoms with van der Waals surface area (Å²) < 4.78 is 2.00. The van der Waals surface area contributed by atoms with Gasteiger partial charge in [-0.15, -0.1) is 10.2 Å². The first kappa shape index (κ1) is 18.2. The van der Waals surface area contributed by atoms with Gasteiger partial charge in [0.05, 0.1) is 5.75 Å². The lowest BCUT2D eigenvalue weighted by Gasteiger charge is -2.11. The zero-order chi connectivity index (χ0) is 18.4. The van der Waals surface area contributed by atoms with Crippen LogP contribution in [0.2, 0.25) is 0 Å². The molecule has 1 heterocycles. The Morgan fingerprint density at radius 2 is 1.69 bits per heavy atom. The summed E-state index contributed by atoms with van der Waals surface area (Å²) in [5.74, 6) is 1.52. The number of rotatable bonds is 7. The molecule has 0 bridgehead atoms. The lowest BCUT2D eigenvalue weighted by molar-refractivity contribution is -0.118. The van der Waals surface area contributed by atoms with E-state index in [1.54, 1.807) is 0 Å². The zero-order valence-corrected chi connectivity index (χ0v) is 15.7. The number of hydrogen-bond donors (Lipinski definition) is 1. The smallest absolute Gasteiger partial charge is 0.230 e. The first-order valence-electron chi connectivity index (χ1n) is 8.61. The Bertz CT molecular complexity index is 847. The van der Waals surface area contributed by atoms with Gasteiger partial charge in [-0.2, -0.15) is 0 Å². The van der Waals surface area contributed by atoms with Crippen LogP contribution < -0.4 is 5.32 Å². The van der Waals surface area contributed by atoms with E-state index in [1.807, 2.05) is 65.2 Å². The fraction of sp³-hybridized carbons (Fsp3) is 0.250. The van der Waals surface area contributed by atoms with Crippen molar-refractivity contribution in [3.05, 3.63) is 60.7 Å². The molecule has 0 fully saturated rings. The number of hydrogen-bond acceptors (Lipinski definition) is 4. The molecule has 1 aromatic heterocycles. The van der Waals surface area contributed by atoms with E-state index < -0.39 is 0 Å². The Kier molecular flexibility index (Phi) is 6.07. The van der Waals surface area contributed by atoms with Crippen molar-refractivity contribution in [3.63, 3.8) is 0 Å². The Morgan fingerprint density at radius 3 is 2.35 bits per heavy atom. The number of carbonyl (C=O) groups excluding carboxylic acids is 1. The minimum absolute atomic E-state index is 0.00701. The number of carbonyl (C=O) groups is 1. The average molecular weight is 366 g/mol. The molecule has 5 nitrogen and oxygen atoms in total. The molecule has 0 saturated heterocycles. The molecule has 6 heteroatoms. The summed E-state index contributed by atoms with van der Waals surface area (Å²) in [5.41, 5.74) is 1.96. The Labute approximate surface area is 157 Å². The molecule has 2 aromatic carbocycles. The highest BCUT2D eigenvalue weighted by molar-refractivity contribution is 7.99. The quantitative estimate of drug-likeness (QED) is 0.646. The maximum atomic E-state index is 12.1. The highest BCUT2D eigenvalue weighted by Crippen LogP contribution is 2.27. The molecule has 0 aliphatic rings. The molecule has 3 aromatic rings. The molecule has 0 aliphatic heterocycles. The van der Waals surface area contributed by atoms with Gasteiger partial charge in [0, 0.05) is 17.8 Å². The van der Waals surface area contributed by atoms with Gasteiger partial charge in [-0.25, -0.2) is 0 Å². The first-order valence-corrected chi connectivity index (χ1v) is 9.59. The van der Waals surface area contributed by atoms with Gasteiger partial charge in [0.15, 0.2) is 11.0 Å². The van der Waals surface area contributed by atoms with E-state index in [4.69, 9.17) is 0 Å². The van der Waals surface area contributed by atoms with Crippen LogP contribution in [0, 0.1) is 5.92 Å². The first-order chi connectivity index (χ1) is 12.6. The third kappa shape index (κ3) is 4.52. The summed E-state index contributed by atoms with van der Waals surface area (Å²) in [5, 5.41) is 12.3. The van der Waals surface area contributed by atoms with Crippen LogP contribution in [-0.2, 0) is 4.79 Å². The number of nitrogens with zero attached hydrogens (tertiary/aromatic N) is 3. The average Bonchev–Trinajstić information content (AvgIpc) is 3.10. The predicted octanol–water partition coefficient (Wildman–Crippen LogP) is 3.80. The molecule has 0 spiro atoms. The summed E-state index contributed by atoms with van der Waals surface area (Å²) in [6.45, 7) is 4.83. The number of para-hydroxylation sites is 1. The van der Waals surface area contributed by atoms with E-state index in [-0.39, 0.29) is 5.91 Å². The van der Waals surface area contributed by atoms with Gasteiger partial charge >= 0.3 is 0 Å². The van der Waals surface area contributed by atoms with E-state index in [9.17, 15) is 4.79 Å².